The van der Waals surface area contributed by atoms with Crippen LogP contribution < -0.4 is 10.1 Å². The number of anilines is 1. The normalized spacial score (nSPS) is 11.7. The average molecular weight is 273 g/mol. The Morgan fingerprint density at radius 2 is 2.26 bits per heavy atom. The first-order chi connectivity index (χ1) is 9.13. The van der Waals surface area contributed by atoms with Crippen LogP contribution in [0.2, 0.25) is 0 Å². The zero-order valence-electron chi connectivity index (χ0n) is 11.1. The lowest BCUT2D eigenvalue weighted by Gasteiger charge is -2.14. The predicted molar refractivity (Wildman–Crippen MR) is 76.6 cm³/mol. The van der Waals surface area contributed by atoms with Crippen molar-refractivity contribution in [2.45, 2.75) is 19.9 Å². The first-order valence-electron chi connectivity index (χ1n) is 5.90. The van der Waals surface area contributed by atoms with Gasteiger partial charge in [0, 0.05) is 17.1 Å². The van der Waals surface area contributed by atoms with Gasteiger partial charge in [0.2, 0.25) is 0 Å². The van der Waals surface area contributed by atoms with Crippen LogP contribution in [0, 0.1) is 18.3 Å². The number of ether oxygens (including phenoxy) is 1. The van der Waals surface area contributed by atoms with E-state index in [1.54, 1.807) is 30.6 Å². The molecule has 1 N–H and O–H groups in total. The summed E-state index contributed by atoms with van der Waals surface area (Å²) < 4.78 is 5.18. The second kappa shape index (κ2) is 5.72. The van der Waals surface area contributed by atoms with Crippen LogP contribution in [0.1, 0.15) is 29.2 Å². The second-order valence-corrected chi connectivity index (χ2v) is 5.11. The number of hydrogen-bond acceptors (Lipinski definition) is 5. The number of aryl methyl sites for hydroxylation is 1. The number of thiazole rings is 1. The fourth-order valence-electron chi connectivity index (χ4n) is 1.73. The molecule has 4 nitrogen and oxygen atoms in total. The highest BCUT2D eigenvalue weighted by atomic mass is 32.1. The lowest BCUT2D eigenvalue weighted by Crippen LogP contribution is -2.07. The number of hydrogen-bond donors (Lipinski definition) is 1. The molecule has 2 aromatic rings. The molecule has 98 valence electrons. The maximum Gasteiger partial charge on any atom is 0.121 e. The smallest absolute Gasteiger partial charge is 0.121 e. The molecule has 0 saturated carbocycles. The molecule has 0 aliphatic carbocycles. The standard InChI is InChI=1S/C14H15N3OS/c1-9-8-19-14(16-9)10(2)17-13-6-12(18-3)5-4-11(13)7-15/h4-6,8,10,17H,1-3H3. The van der Waals surface area contributed by atoms with E-state index >= 15 is 0 Å². The number of benzene rings is 1. The molecule has 0 bridgehead atoms. The van der Waals surface area contributed by atoms with Crippen LogP contribution in [-0.2, 0) is 0 Å². The van der Waals surface area contributed by atoms with Crippen LogP contribution in [0.4, 0.5) is 5.69 Å². The van der Waals surface area contributed by atoms with Gasteiger partial charge >= 0.3 is 0 Å². The maximum atomic E-state index is 9.13. The lowest BCUT2D eigenvalue weighted by atomic mass is 10.1. The van der Waals surface area contributed by atoms with Gasteiger partial charge in [-0.2, -0.15) is 5.26 Å². The van der Waals surface area contributed by atoms with E-state index in [4.69, 9.17) is 10.00 Å². The summed E-state index contributed by atoms with van der Waals surface area (Å²) >= 11 is 1.61. The zero-order chi connectivity index (χ0) is 13.8. The van der Waals surface area contributed by atoms with Crippen LogP contribution in [0.3, 0.4) is 0 Å². The number of nitriles is 1. The monoisotopic (exact) mass is 273 g/mol. The number of rotatable bonds is 4. The van der Waals surface area contributed by atoms with Crippen LogP contribution in [-0.4, -0.2) is 12.1 Å². The first kappa shape index (κ1) is 13.4. The molecule has 0 aliphatic heterocycles. The third kappa shape index (κ3) is 3.04. The fourth-order valence-corrected chi connectivity index (χ4v) is 2.54. The minimum absolute atomic E-state index is 0.0536. The Morgan fingerprint density at radius 1 is 1.47 bits per heavy atom. The van der Waals surface area contributed by atoms with Crippen molar-refractivity contribution in [3.8, 4) is 11.8 Å². The third-order valence-corrected chi connectivity index (χ3v) is 3.87. The number of methoxy groups -OCH3 is 1. The minimum Gasteiger partial charge on any atom is -0.497 e. The fraction of sp³-hybridized carbons (Fsp3) is 0.286. The van der Waals surface area contributed by atoms with Crippen LogP contribution in [0.15, 0.2) is 23.6 Å². The van der Waals surface area contributed by atoms with Crippen molar-refractivity contribution >= 4 is 17.0 Å². The van der Waals surface area contributed by atoms with Crippen molar-refractivity contribution in [3.05, 3.63) is 39.8 Å². The van der Waals surface area contributed by atoms with Gasteiger partial charge in [0.05, 0.1) is 24.4 Å². The molecule has 1 unspecified atom stereocenters. The van der Waals surface area contributed by atoms with E-state index in [1.807, 2.05) is 25.3 Å². The van der Waals surface area contributed by atoms with Crippen molar-refractivity contribution in [1.29, 1.82) is 5.26 Å². The highest BCUT2D eigenvalue weighted by Crippen LogP contribution is 2.27. The summed E-state index contributed by atoms with van der Waals surface area (Å²) in [7, 11) is 1.61. The van der Waals surface area contributed by atoms with E-state index in [0.29, 0.717) is 5.56 Å². The quantitative estimate of drug-likeness (QED) is 0.926. The van der Waals surface area contributed by atoms with Gasteiger partial charge in [-0.25, -0.2) is 4.98 Å². The van der Waals surface area contributed by atoms with Gasteiger partial charge in [0.1, 0.15) is 16.8 Å². The summed E-state index contributed by atoms with van der Waals surface area (Å²) in [6.45, 7) is 4.00. The molecule has 1 aromatic carbocycles. The maximum absolute atomic E-state index is 9.13. The molecule has 0 amide bonds. The van der Waals surface area contributed by atoms with Crippen molar-refractivity contribution in [2.24, 2.45) is 0 Å². The summed E-state index contributed by atoms with van der Waals surface area (Å²) in [6.07, 6.45) is 0. The van der Waals surface area contributed by atoms with Crippen molar-refractivity contribution < 1.29 is 4.74 Å². The first-order valence-corrected chi connectivity index (χ1v) is 6.78. The third-order valence-electron chi connectivity index (χ3n) is 2.73. The number of aromatic nitrogens is 1. The van der Waals surface area contributed by atoms with Gasteiger partial charge in [0.25, 0.3) is 0 Å². The van der Waals surface area contributed by atoms with Gasteiger partial charge < -0.3 is 10.1 Å². The Kier molecular flexibility index (Phi) is 4.03. The predicted octanol–water partition coefficient (Wildman–Crippen LogP) is 3.50. The highest BCUT2D eigenvalue weighted by Gasteiger charge is 2.12. The largest absolute Gasteiger partial charge is 0.497 e. The molecular weight excluding hydrogens is 258 g/mol. The van der Waals surface area contributed by atoms with E-state index in [2.05, 4.69) is 16.4 Å². The average Bonchev–Trinajstić information content (AvgIpc) is 2.85. The molecule has 0 aliphatic rings. The molecule has 19 heavy (non-hydrogen) atoms. The summed E-state index contributed by atoms with van der Waals surface area (Å²) in [5.41, 5.74) is 2.38. The van der Waals surface area contributed by atoms with E-state index in [-0.39, 0.29) is 6.04 Å². The van der Waals surface area contributed by atoms with Crippen LogP contribution >= 0.6 is 11.3 Å². The van der Waals surface area contributed by atoms with Crippen molar-refractivity contribution in [1.82, 2.24) is 4.98 Å². The van der Waals surface area contributed by atoms with Gasteiger partial charge in [-0.1, -0.05) is 0 Å². The van der Waals surface area contributed by atoms with Gasteiger partial charge in [0.15, 0.2) is 0 Å². The van der Waals surface area contributed by atoms with E-state index < -0.39 is 0 Å². The highest BCUT2D eigenvalue weighted by molar-refractivity contribution is 7.09. The zero-order valence-corrected chi connectivity index (χ0v) is 11.9. The molecule has 1 heterocycles. The Hall–Kier alpha value is -2.06. The summed E-state index contributed by atoms with van der Waals surface area (Å²) in [5.74, 6) is 0.726. The SMILES string of the molecule is COc1ccc(C#N)c(NC(C)c2nc(C)cs2)c1. The summed E-state index contributed by atoms with van der Waals surface area (Å²) in [4.78, 5) is 4.45. The van der Waals surface area contributed by atoms with E-state index in [0.717, 1.165) is 22.1 Å². The van der Waals surface area contributed by atoms with Crippen LogP contribution in [0.5, 0.6) is 5.75 Å². The molecule has 0 saturated heterocycles. The Labute approximate surface area is 116 Å². The van der Waals surface area contributed by atoms with Gasteiger partial charge in [-0.3, -0.25) is 0 Å². The molecule has 0 radical (unpaired) electrons. The van der Waals surface area contributed by atoms with Crippen molar-refractivity contribution in [3.63, 3.8) is 0 Å². The molecular formula is C14H15N3OS. The minimum atomic E-state index is 0.0536. The van der Waals surface area contributed by atoms with E-state index in [9.17, 15) is 0 Å². The van der Waals surface area contributed by atoms with Crippen molar-refractivity contribution in [2.75, 3.05) is 12.4 Å². The molecule has 5 heteroatoms. The Morgan fingerprint density at radius 3 is 2.84 bits per heavy atom. The summed E-state index contributed by atoms with van der Waals surface area (Å²) in [6, 6.07) is 7.59. The van der Waals surface area contributed by atoms with Gasteiger partial charge in [-0.05, 0) is 26.0 Å². The molecule has 1 atom stereocenters. The number of nitrogens with zero attached hydrogens (tertiary/aromatic N) is 2. The lowest BCUT2D eigenvalue weighted by molar-refractivity contribution is 0.415. The second-order valence-electron chi connectivity index (χ2n) is 4.22. The summed E-state index contributed by atoms with van der Waals surface area (Å²) in [5, 5.41) is 15.5. The molecule has 0 fully saturated rings. The molecule has 2 rings (SSSR count). The topological polar surface area (TPSA) is 57.9 Å². The number of nitrogens with one attached hydrogen (secondary N) is 1. The van der Waals surface area contributed by atoms with E-state index in [1.165, 1.54) is 0 Å². The molecule has 1 aromatic heterocycles. The van der Waals surface area contributed by atoms with Crippen LogP contribution in [0.25, 0.3) is 0 Å². The molecule has 0 spiro atoms. The Bertz CT molecular complexity index is 615. The van der Waals surface area contributed by atoms with Gasteiger partial charge in [-0.15, -0.1) is 11.3 Å². The Balaban J connectivity index is 2.25.